The molecular weight excluding hydrogens is 213 g/mol. The molecule has 0 radical (unpaired) electrons. The van der Waals surface area contributed by atoms with Crippen molar-refractivity contribution >= 4 is 16.9 Å². The van der Waals surface area contributed by atoms with Crippen molar-refractivity contribution in [3.63, 3.8) is 0 Å². The molecule has 0 heterocycles. The number of carbonyl (C=O) groups excluding carboxylic acids is 1. The van der Waals surface area contributed by atoms with E-state index in [0.717, 1.165) is 11.8 Å². The van der Waals surface area contributed by atoms with Gasteiger partial charge in [-0.15, -0.1) is 0 Å². The summed E-state index contributed by atoms with van der Waals surface area (Å²) < 4.78 is 36.2. The lowest BCUT2D eigenvalue weighted by molar-refractivity contribution is -0.109. The first-order valence-corrected chi connectivity index (χ1v) is 5.56. The van der Waals surface area contributed by atoms with Crippen LogP contribution in [0.1, 0.15) is 32.6 Å². The summed E-state index contributed by atoms with van der Waals surface area (Å²) in [7, 11) is 0. The second-order valence-electron chi connectivity index (χ2n) is 3.05. The number of alkyl halides is 3. The smallest absolute Gasteiger partial charge is 0.238 e. The van der Waals surface area contributed by atoms with Gasteiger partial charge in [-0.2, -0.15) is 0 Å². The largest absolute Gasteiger partial charge is 0.288 e. The molecular formula is C9H15F3OS. The van der Waals surface area contributed by atoms with E-state index in [4.69, 9.17) is 0 Å². The number of halogens is 3. The highest BCUT2D eigenvalue weighted by Gasteiger charge is 2.10. The highest BCUT2D eigenvalue weighted by atomic mass is 32.2. The fourth-order valence-corrected chi connectivity index (χ4v) is 1.57. The predicted molar refractivity (Wildman–Crippen MR) is 52.5 cm³/mol. The lowest BCUT2D eigenvalue weighted by Crippen LogP contribution is -2.04. The van der Waals surface area contributed by atoms with E-state index in [2.05, 4.69) is 0 Å². The van der Waals surface area contributed by atoms with Gasteiger partial charge in [0.05, 0.1) is 0 Å². The molecule has 0 bridgehead atoms. The van der Waals surface area contributed by atoms with Crippen LogP contribution in [-0.4, -0.2) is 23.5 Å². The number of hydrogen-bond donors (Lipinski definition) is 0. The molecule has 0 amide bonds. The Balaban J connectivity index is 3.26. The zero-order valence-electron chi connectivity index (χ0n) is 8.14. The molecule has 0 aromatic rings. The first-order chi connectivity index (χ1) is 6.52. The Morgan fingerprint density at radius 2 is 1.86 bits per heavy atom. The van der Waals surface area contributed by atoms with Gasteiger partial charge in [0, 0.05) is 19.1 Å². The monoisotopic (exact) mass is 228 g/mol. The maximum atomic E-state index is 12.9. The van der Waals surface area contributed by atoms with Gasteiger partial charge in [-0.05, 0) is 19.3 Å². The number of thioether (sulfide) groups is 1. The molecule has 0 N–H and O–H groups in total. The van der Waals surface area contributed by atoms with Crippen molar-refractivity contribution in [2.45, 2.75) is 45.2 Å². The fourth-order valence-electron chi connectivity index (χ4n) is 0.972. The minimum atomic E-state index is -2.42. The summed E-state index contributed by atoms with van der Waals surface area (Å²) in [6.45, 7) is 1.45. The second kappa shape index (κ2) is 8.15. The standard InChI is InChI=1S/C9H15F3OS/c1-7(13)14-6-2-3-8(10)4-5-9(11)12/h8-9H,2-6H2,1H3. The van der Waals surface area contributed by atoms with Gasteiger partial charge in [0.25, 0.3) is 0 Å². The average molecular weight is 228 g/mol. The van der Waals surface area contributed by atoms with Crippen molar-refractivity contribution in [2.24, 2.45) is 0 Å². The van der Waals surface area contributed by atoms with E-state index in [1.54, 1.807) is 0 Å². The normalized spacial score (nSPS) is 13.2. The van der Waals surface area contributed by atoms with Crippen LogP contribution in [0.4, 0.5) is 13.2 Å². The Kier molecular flexibility index (Phi) is 8.04. The average Bonchev–Trinajstić information content (AvgIpc) is 2.08. The van der Waals surface area contributed by atoms with Crippen molar-refractivity contribution in [1.82, 2.24) is 0 Å². The highest BCUT2D eigenvalue weighted by Crippen LogP contribution is 2.15. The first kappa shape index (κ1) is 13.8. The molecule has 0 spiro atoms. The number of rotatable bonds is 7. The summed E-state index contributed by atoms with van der Waals surface area (Å²) >= 11 is 1.14. The molecule has 0 aliphatic heterocycles. The summed E-state index contributed by atoms with van der Waals surface area (Å²) in [5.74, 6) is 0.574. The first-order valence-electron chi connectivity index (χ1n) is 4.58. The van der Waals surface area contributed by atoms with Crippen molar-refractivity contribution in [3.8, 4) is 0 Å². The van der Waals surface area contributed by atoms with Crippen LogP contribution in [0, 0.1) is 0 Å². The lowest BCUT2D eigenvalue weighted by atomic mass is 10.1. The topological polar surface area (TPSA) is 17.1 Å². The van der Waals surface area contributed by atoms with E-state index in [1.165, 1.54) is 6.92 Å². The molecule has 0 saturated heterocycles. The Labute approximate surface area is 86.4 Å². The van der Waals surface area contributed by atoms with Gasteiger partial charge in [0.2, 0.25) is 6.43 Å². The van der Waals surface area contributed by atoms with Crippen molar-refractivity contribution in [2.75, 3.05) is 5.75 Å². The number of carbonyl (C=O) groups is 1. The molecule has 0 aromatic heterocycles. The molecule has 0 aromatic carbocycles. The molecule has 0 saturated carbocycles. The van der Waals surface area contributed by atoms with Crippen molar-refractivity contribution in [1.29, 1.82) is 0 Å². The zero-order valence-corrected chi connectivity index (χ0v) is 8.96. The molecule has 0 aliphatic rings. The van der Waals surface area contributed by atoms with E-state index >= 15 is 0 Å². The zero-order chi connectivity index (χ0) is 11.0. The predicted octanol–water partition coefficient (Wildman–Crippen LogP) is 3.43. The van der Waals surface area contributed by atoms with Crippen LogP contribution >= 0.6 is 11.8 Å². The summed E-state index contributed by atoms with van der Waals surface area (Å²) in [5, 5.41) is 0.00740. The molecule has 14 heavy (non-hydrogen) atoms. The van der Waals surface area contributed by atoms with Gasteiger partial charge in [0.1, 0.15) is 6.17 Å². The van der Waals surface area contributed by atoms with Crippen molar-refractivity contribution < 1.29 is 18.0 Å². The van der Waals surface area contributed by atoms with E-state index in [0.29, 0.717) is 12.2 Å². The SMILES string of the molecule is CC(=O)SCCCC(F)CCC(F)F. The van der Waals surface area contributed by atoms with E-state index < -0.39 is 12.6 Å². The molecule has 1 unspecified atom stereocenters. The van der Waals surface area contributed by atoms with Crippen LogP contribution in [0.2, 0.25) is 0 Å². The summed E-state index contributed by atoms with van der Waals surface area (Å²) in [6, 6.07) is 0. The maximum Gasteiger partial charge on any atom is 0.238 e. The van der Waals surface area contributed by atoms with Crippen LogP contribution in [0.15, 0.2) is 0 Å². The summed E-state index contributed by atoms with van der Waals surface area (Å²) in [6.07, 6.45) is -3.19. The van der Waals surface area contributed by atoms with Gasteiger partial charge in [0.15, 0.2) is 5.12 Å². The summed E-state index contributed by atoms with van der Waals surface area (Å²) in [4.78, 5) is 10.5. The Morgan fingerprint density at radius 3 is 2.36 bits per heavy atom. The van der Waals surface area contributed by atoms with E-state index in [9.17, 15) is 18.0 Å². The third-order valence-electron chi connectivity index (χ3n) is 1.67. The Hall–Kier alpha value is -0.190. The lowest BCUT2D eigenvalue weighted by Gasteiger charge is -2.06. The molecule has 1 nitrogen and oxygen atoms in total. The Bertz CT molecular complexity index is 164. The van der Waals surface area contributed by atoms with Gasteiger partial charge >= 0.3 is 0 Å². The number of hydrogen-bond acceptors (Lipinski definition) is 2. The molecule has 1 atom stereocenters. The molecule has 0 rings (SSSR count). The minimum absolute atomic E-state index is 0.00740. The maximum absolute atomic E-state index is 12.9. The third-order valence-corrected chi connectivity index (χ3v) is 2.56. The van der Waals surface area contributed by atoms with Crippen LogP contribution < -0.4 is 0 Å². The fraction of sp³-hybridized carbons (Fsp3) is 0.889. The van der Waals surface area contributed by atoms with Crippen LogP contribution in [0.5, 0.6) is 0 Å². The van der Waals surface area contributed by atoms with Crippen LogP contribution in [-0.2, 0) is 4.79 Å². The van der Waals surface area contributed by atoms with E-state index in [-0.39, 0.29) is 24.4 Å². The van der Waals surface area contributed by atoms with Crippen LogP contribution in [0.25, 0.3) is 0 Å². The van der Waals surface area contributed by atoms with Gasteiger partial charge in [-0.1, -0.05) is 11.8 Å². The molecule has 0 fully saturated rings. The van der Waals surface area contributed by atoms with E-state index in [1.807, 2.05) is 0 Å². The minimum Gasteiger partial charge on any atom is -0.288 e. The van der Waals surface area contributed by atoms with Crippen molar-refractivity contribution in [3.05, 3.63) is 0 Å². The van der Waals surface area contributed by atoms with Crippen LogP contribution in [0.3, 0.4) is 0 Å². The highest BCUT2D eigenvalue weighted by molar-refractivity contribution is 8.13. The quantitative estimate of drug-likeness (QED) is 0.621. The van der Waals surface area contributed by atoms with Gasteiger partial charge < -0.3 is 0 Å². The Morgan fingerprint density at radius 1 is 1.21 bits per heavy atom. The third kappa shape index (κ3) is 9.89. The molecule has 0 aliphatic carbocycles. The summed E-state index contributed by atoms with van der Waals surface area (Å²) in [5.41, 5.74) is 0. The molecule has 84 valence electrons. The molecule has 5 heteroatoms. The van der Waals surface area contributed by atoms with Gasteiger partial charge in [-0.3, -0.25) is 4.79 Å². The van der Waals surface area contributed by atoms with Gasteiger partial charge in [-0.25, -0.2) is 13.2 Å². The second-order valence-corrected chi connectivity index (χ2v) is 4.32.